The zero-order valence-electron chi connectivity index (χ0n) is 17.8. The second-order valence-electron chi connectivity index (χ2n) is 8.77. The van der Waals surface area contributed by atoms with E-state index < -0.39 is 51.3 Å². The molecule has 0 aliphatic carbocycles. The van der Waals surface area contributed by atoms with Crippen LogP contribution >= 0.6 is 0 Å². The zero-order valence-corrected chi connectivity index (χ0v) is 17.8. The number of aromatic hydroxyl groups is 1. The van der Waals surface area contributed by atoms with Crippen LogP contribution in [0.15, 0.2) is 23.0 Å². The smallest absolute Gasteiger partial charge is 0.274 e. The van der Waals surface area contributed by atoms with Crippen molar-refractivity contribution in [1.82, 2.24) is 14.8 Å². The van der Waals surface area contributed by atoms with E-state index in [9.17, 15) is 33.4 Å². The minimum absolute atomic E-state index is 0.0104. The van der Waals surface area contributed by atoms with Crippen molar-refractivity contribution in [2.24, 2.45) is 0 Å². The minimum atomic E-state index is -1.64. The van der Waals surface area contributed by atoms with E-state index >= 15 is 0 Å². The number of pyridine rings is 1. The molecule has 2 amide bonds. The highest BCUT2D eigenvalue weighted by atomic mass is 19.1. The first-order valence-corrected chi connectivity index (χ1v) is 10.2. The van der Waals surface area contributed by atoms with Gasteiger partial charge in [0.15, 0.2) is 11.4 Å². The van der Waals surface area contributed by atoms with Gasteiger partial charge in [0.05, 0.1) is 11.2 Å². The van der Waals surface area contributed by atoms with E-state index in [0.29, 0.717) is 12.6 Å². The average Bonchev–Trinajstić information content (AvgIpc) is 2.91. The Balaban J connectivity index is 1.84. The number of amides is 2. The van der Waals surface area contributed by atoms with Gasteiger partial charge in [-0.25, -0.2) is 8.78 Å². The molecular formula is C22H23F2N3O5. The van der Waals surface area contributed by atoms with E-state index in [-0.39, 0.29) is 36.5 Å². The van der Waals surface area contributed by atoms with E-state index in [1.165, 1.54) is 16.4 Å². The van der Waals surface area contributed by atoms with Gasteiger partial charge in [0.2, 0.25) is 5.43 Å². The van der Waals surface area contributed by atoms with Crippen LogP contribution in [0, 0.1) is 11.6 Å². The van der Waals surface area contributed by atoms with Gasteiger partial charge in [0, 0.05) is 37.7 Å². The van der Waals surface area contributed by atoms with E-state index in [4.69, 9.17) is 0 Å². The summed E-state index contributed by atoms with van der Waals surface area (Å²) in [6.07, 6.45) is 0.104. The molecule has 2 atom stereocenters. The van der Waals surface area contributed by atoms with Gasteiger partial charge in [-0.15, -0.1) is 0 Å². The van der Waals surface area contributed by atoms with Crippen molar-refractivity contribution >= 4 is 11.8 Å². The maximum atomic E-state index is 13.9. The molecule has 8 nitrogen and oxygen atoms in total. The lowest BCUT2D eigenvalue weighted by atomic mass is 9.88. The number of likely N-dealkylation sites (N-methyl/N-ethyl adjacent to an activating group) is 1. The highest BCUT2D eigenvalue weighted by Crippen LogP contribution is 2.48. The van der Waals surface area contributed by atoms with Crippen molar-refractivity contribution in [2.45, 2.75) is 44.9 Å². The van der Waals surface area contributed by atoms with Crippen molar-refractivity contribution < 1.29 is 28.6 Å². The summed E-state index contributed by atoms with van der Waals surface area (Å²) < 4.78 is 28.4. The highest BCUT2D eigenvalue weighted by Gasteiger charge is 2.55. The molecule has 0 spiro atoms. The molecule has 2 aliphatic heterocycles. The summed E-state index contributed by atoms with van der Waals surface area (Å²) in [5, 5.41) is 24.2. The maximum absolute atomic E-state index is 13.9. The lowest BCUT2D eigenvalue weighted by Gasteiger charge is -2.40. The summed E-state index contributed by atoms with van der Waals surface area (Å²) in [6, 6.07) is 2.86. The number of aliphatic hydroxyl groups is 1. The van der Waals surface area contributed by atoms with Crippen molar-refractivity contribution in [3.63, 3.8) is 0 Å². The van der Waals surface area contributed by atoms with Crippen molar-refractivity contribution in [3.8, 4) is 5.75 Å². The molecule has 0 fully saturated rings. The fraction of sp³-hybridized carbons (Fsp3) is 0.409. The number of benzene rings is 1. The SMILES string of the molecule is CCN1CC2(C)CC(C)(O)c3c(C(=O)NCc4ccc(F)cc4F)c(=O)c(O)c(n32)C1=O. The Morgan fingerprint density at radius 2 is 1.94 bits per heavy atom. The zero-order chi connectivity index (χ0) is 23.6. The third-order valence-electron chi connectivity index (χ3n) is 6.21. The van der Waals surface area contributed by atoms with Crippen molar-refractivity contribution in [3.05, 3.63) is 62.6 Å². The molecule has 2 aliphatic rings. The van der Waals surface area contributed by atoms with Crippen LogP contribution in [0.1, 0.15) is 59.3 Å². The van der Waals surface area contributed by atoms with E-state index in [1.807, 2.05) is 0 Å². The quantitative estimate of drug-likeness (QED) is 0.659. The van der Waals surface area contributed by atoms with Gasteiger partial charge in [-0.1, -0.05) is 6.07 Å². The summed E-state index contributed by atoms with van der Waals surface area (Å²) in [6.45, 7) is 5.18. The average molecular weight is 447 g/mol. The van der Waals surface area contributed by atoms with Gasteiger partial charge in [-0.3, -0.25) is 14.4 Å². The van der Waals surface area contributed by atoms with Gasteiger partial charge < -0.3 is 25.0 Å². The molecule has 1 aromatic carbocycles. The summed E-state index contributed by atoms with van der Waals surface area (Å²) in [5.41, 5.74) is -4.46. The summed E-state index contributed by atoms with van der Waals surface area (Å²) >= 11 is 0. The molecule has 3 heterocycles. The second kappa shape index (κ2) is 7.13. The van der Waals surface area contributed by atoms with E-state index in [1.54, 1.807) is 13.8 Å². The standard InChI is InChI=1S/C22H23F2N3O5/c1-4-26-10-21(2)9-22(3,32)18-14(16(28)17(29)15(20(26)31)27(18)21)19(30)25-8-11-5-6-12(23)7-13(11)24/h5-7,29,32H,4,8-10H2,1-3H3,(H,25,30). The molecule has 2 unspecified atom stereocenters. The normalized spacial score (nSPS) is 23.9. The monoisotopic (exact) mass is 447 g/mol. The number of aromatic nitrogens is 1. The van der Waals surface area contributed by atoms with Gasteiger partial charge in [0.25, 0.3) is 11.8 Å². The van der Waals surface area contributed by atoms with Crippen LogP contribution in [-0.2, 0) is 17.7 Å². The Kier molecular flexibility index (Phi) is 4.89. The molecular weight excluding hydrogens is 424 g/mol. The Labute approximate surface area is 182 Å². The number of nitrogens with zero attached hydrogens (tertiary/aromatic N) is 2. The second-order valence-corrected chi connectivity index (χ2v) is 8.77. The lowest BCUT2D eigenvalue weighted by Crippen LogP contribution is -2.52. The number of carbonyl (C=O) groups excluding carboxylic acids is 2. The molecule has 1 aromatic heterocycles. The molecule has 3 N–H and O–H groups in total. The Hall–Kier alpha value is -3.27. The Bertz CT molecular complexity index is 1220. The number of halogens is 2. The van der Waals surface area contributed by atoms with Crippen LogP contribution in [-0.4, -0.2) is 44.6 Å². The molecule has 0 radical (unpaired) electrons. The Morgan fingerprint density at radius 3 is 2.56 bits per heavy atom. The first-order chi connectivity index (χ1) is 14.9. The topological polar surface area (TPSA) is 112 Å². The minimum Gasteiger partial charge on any atom is -0.503 e. The molecule has 10 heteroatoms. The molecule has 0 saturated carbocycles. The van der Waals surface area contributed by atoms with Gasteiger partial charge in [-0.05, 0) is 26.8 Å². The highest BCUT2D eigenvalue weighted by molar-refractivity contribution is 6.00. The van der Waals surface area contributed by atoms with Crippen LogP contribution in [0.25, 0.3) is 0 Å². The predicted octanol–water partition coefficient (Wildman–Crippen LogP) is 1.56. The number of rotatable bonds is 4. The molecule has 170 valence electrons. The largest absolute Gasteiger partial charge is 0.503 e. The summed E-state index contributed by atoms with van der Waals surface area (Å²) in [5.74, 6) is -4.04. The van der Waals surface area contributed by atoms with Crippen LogP contribution in [0.4, 0.5) is 8.78 Å². The third-order valence-corrected chi connectivity index (χ3v) is 6.21. The lowest BCUT2D eigenvalue weighted by molar-refractivity contribution is 0.0287. The van der Waals surface area contributed by atoms with Crippen molar-refractivity contribution in [2.75, 3.05) is 13.1 Å². The third kappa shape index (κ3) is 3.09. The molecule has 2 aromatic rings. The van der Waals surface area contributed by atoms with E-state index in [2.05, 4.69) is 5.32 Å². The predicted molar refractivity (Wildman–Crippen MR) is 109 cm³/mol. The van der Waals surface area contributed by atoms with E-state index in [0.717, 1.165) is 12.1 Å². The van der Waals surface area contributed by atoms with Gasteiger partial charge in [-0.2, -0.15) is 0 Å². The molecule has 0 bridgehead atoms. The number of nitrogens with one attached hydrogen (secondary N) is 1. The first kappa shape index (κ1) is 21.9. The number of carbonyl (C=O) groups is 2. The summed E-state index contributed by atoms with van der Waals surface area (Å²) in [7, 11) is 0. The molecule has 4 rings (SSSR count). The fourth-order valence-corrected chi connectivity index (χ4v) is 4.97. The number of hydrogen-bond acceptors (Lipinski definition) is 5. The maximum Gasteiger partial charge on any atom is 0.274 e. The van der Waals surface area contributed by atoms with Crippen LogP contribution in [0.5, 0.6) is 5.75 Å². The van der Waals surface area contributed by atoms with Crippen LogP contribution in [0.2, 0.25) is 0 Å². The number of hydrogen-bond donors (Lipinski definition) is 3. The van der Waals surface area contributed by atoms with Crippen molar-refractivity contribution in [1.29, 1.82) is 0 Å². The molecule has 0 saturated heterocycles. The Morgan fingerprint density at radius 1 is 1.25 bits per heavy atom. The molecule has 32 heavy (non-hydrogen) atoms. The first-order valence-electron chi connectivity index (χ1n) is 10.2. The van der Waals surface area contributed by atoms with Crippen LogP contribution in [0.3, 0.4) is 0 Å². The van der Waals surface area contributed by atoms with Crippen LogP contribution < -0.4 is 10.7 Å². The summed E-state index contributed by atoms with van der Waals surface area (Å²) in [4.78, 5) is 40.4. The van der Waals surface area contributed by atoms with Gasteiger partial charge >= 0.3 is 0 Å². The fourth-order valence-electron chi connectivity index (χ4n) is 4.97. The van der Waals surface area contributed by atoms with Gasteiger partial charge in [0.1, 0.15) is 22.8 Å².